The Hall–Kier alpha value is -1.08. The molecule has 7 heteroatoms. The van der Waals surface area contributed by atoms with E-state index in [4.69, 9.17) is 8.92 Å². The maximum atomic E-state index is 12.1. The largest absolute Gasteiger partial charge is 0.444 e. The molecule has 0 bridgehead atoms. The van der Waals surface area contributed by atoms with Crippen molar-refractivity contribution >= 4 is 16.2 Å². The van der Waals surface area contributed by atoms with Gasteiger partial charge in [-0.15, -0.1) is 6.58 Å². The van der Waals surface area contributed by atoms with Gasteiger partial charge >= 0.3 is 6.09 Å². The fourth-order valence-corrected chi connectivity index (χ4v) is 2.75. The predicted molar refractivity (Wildman–Crippen MR) is 75.9 cm³/mol. The van der Waals surface area contributed by atoms with Gasteiger partial charge in [0.1, 0.15) is 11.7 Å². The minimum atomic E-state index is -3.61. The number of likely N-dealkylation sites (tertiary alicyclic amines) is 1. The zero-order valence-electron chi connectivity index (χ0n) is 12.5. The van der Waals surface area contributed by atoms with Crippen molar-refractivity contribution in [1.29, 1.82) is 0 Å². The van der Waals surface area contributed by atoms with Gasteiger partial charge in [-0.25, -0.2) is 4.79 Å². The van der Waals surface area contributed by atoms with Crippen LogP contribution in [0.4, 0.5) is 4.79 Å². The van der Waals surface area contributed by atoms with Crippen LogP contribution in [0.2, 0.25) is 0 Å². The van der Waals surface area contributed by atoms with Crippen molar-refractivity contribution in [3.8, 4) is 0 Å². The highest BCUT2D eigenvalue weighted by Crippen LogP contribution is 2.25. The molecule has 1 saturated heterocycles. The van der Waals surface area contributed by atoms with Crippen LogP contribution in [-0.4, -0.2) is 50.0 Å². The summed E-state index contributed by atoms with van der Waals surface area (Å²) in [5, 5.41) is 0. The second kappa shape index (κ2) is 6.13. The van der Waals surface area contributed by atoms with Crippen LogP contribution in [-0.2, 0) is 19.0 Å². The van der Waals surface area contributed by atoms with Crippen molar-refractivity contribution in [2.45, 2.75) is 51.4 Å². The summed E-state index contributed by atoms with van der Waals surface area (Å²) in [6, 6.07) is -0.364. The highest BCUT2D eigenvalue weighted by Gasteiger charge is 2.37. The molecule has 1 fully saturated rings. The first-order valence-electron chi connectivity index (χ1n) is 6.54. The Bertz CT molecular complexity index is 466. The fraction of sp³-hybridized carbons (Fsp3) is 0.769. The van der Waals surface area contributed by atoms with Crippen LogP contribution in [0.3, 0.4) is 0 Å². The molecule has 0 saturated carbocycles. The summed E-state index contributed by atoms with van der Waals surface area (Å²) in [4.78, 5) is 13.6. The predicted octanol–water partition coefficient (Wildman–Crippen LogP) is 1.92. The van der Waals surface area contributed by atoms with Crippen LogP contribution in [0.15, 0.2) is 12.7 Å². The summed E-state index contributed by atoms with van der Waals surface area (Å²) in [5.74, 6) is 0. The molecule has 0 spiro atoms. The smallest absolute Gasteiger partial charge is 0.410 e. The van der Waals surface area contributed by atoms with Crippen molar-refractivity contribution in [3.63, 3.8) is 0 Å². The molecular weight excluding hydrogens is 282 g/mol. The molecular formula is C13H23NO5S. The van der Waals surface area contributed by atoms with Crippen LogP contribution in [0.1, 0.15) is 33.6 Å². The Morgan fingerprint density at radius 1 is 1.45 bits per heavy atom. The third-order valence-corrected chi connectivity index (χ3v) is 3.40. The Kier molecular flexibility index (Phi) is 5.21. The monoisotopic (exact) mass is 305 g/mol. The molecule has 0 aromatic carbocycles. The maximum absolute atomic E-state index is 12.1. The Morgan fingerprint density at radius 3 is 2.50 bits per heavy atom. The Labute approximate surface area is 120 Å². The quantitative estimate of drug-likeness (QED) is 0.586. The Morgan fingerprint density at radius 2 is 2.05 bits per heavy atom. The van der Waals surface area contributed by atoms with Gasteiger partial charge in [0.2, 0.25) is 0 Å². The lowest BCUT2D eigenvalue weighted by atomic mass is 10.1. The molecule has 1 aliphatic rings. The van der Waals surface area contributed by atoms with Crippen molar-refractivity contribution < 1.29 is 22.1 Å². The number of hydrogen-bond donors (Lipinski definition) is 0. The molecule has 1 amide bonds. The van der Waals surface area contributed by atoms with E-state index in [9.17, 15) is 13.2 Å². The number of hydrogen-bond acceptors (Lipinski definition) is 5. The molecule has 20 heavy (non-hydrogen) atoms. The highest BCUT2D eigenvalue weighted by molar-refractivity contribution is 7.86. The van der Waals surface area contributed by atoms with E-state index in [1.54, 1.807) is 20.8 Å². The molecule has 0 unspecified atom stereocenters. The van der Waals surface area contributed by atoms with E-state index in [0.717, 1.165) is 12.7 Å². The van der Waals surface area contributed by atoms with Crippen LogP contribution in [0, 0.1) is 0 Å². The number of rotatable bonds is 4. The van der Waals surface area contributed by atoms with Gasteiger partial charge in [0.15, 0.2) is 0 Å². The third kappa shape index (κ3) is 5.13. The van der Waals surface area contributed by atoms with E-state index in [1.165, 1.54) is 11.0 Å². The second-order valence-corrected chi connectivity index (χ2v) is 7.48. The molecule has 1 rings (SSSR count). The van der Waals surface area contributed by atoms with Gasteiger partial charge in [-0.05, 0) is 33.6 Å². The molecule has 0 aromatic heterocycles. The van der Waals surface area contributed by atoms with E-state index in [1.807, 2.05) is 0 Å². The molecule has 1 aliphatic heterocycles. The van der Waals surface area contributed by atoms with Crippen molar-refractivity contribution in [3.05, 3.63) is 12.7 Å². The van der Waals surface area contributed by atoms with Crippen LogP contribution >= 0.6 is 0 Å². The zero-order valence-corrected chi connectivity index (χ0v) is 13.3. The minimum absolute atomic E-state index is 0.364. The number of nitrogens with zero attached hydrogens (tertiary/aromatic N) is 1. The summed E-state index contributed by atoms with van der Waals surface area (Å²) in [6.45, 7) is 9.47. The lowest BCUT2D eigenvalue weighted by molar-refractivity contribution is 0.0142. The highest BCUT2D eigenvalue weighted by atomic mass is 32.2. The number of carbonyl (C=O) groups excluding carboxylic acids is 1. The first-order valence-corrected chi connectivity index (χ1v) is 8.35. The summed E-state index contributed by atoms with van der Waals surface area (Å²) in [5.41, 5.74) is -0.592. The second-order valence-electron chi connectivity index (χ2n) is 5.88. The van der Waals surface area contributed by atoms with E-state index >= 15 is 0 Å². The van der Waals surface area contributed by atoms with Gasteiger partial charge < -0.3 is 9.64 Å². The van der Waals surface area contributed by atoms with E-state index in [0.29, 0.717) is 13.0 Å². The molecule has 0 aliphatic carbocycles. The van der Waals surface area contributed by atoms with Crippen molar-refractivity contribution in [2.75, 3.05) is 12.8 Å². The average molecular weight is 305 g/mol. The van der Waals surface area contributed by atoms with E-state index < -0.39 is 27.9 Å². The molecule has 1 heterocycles. The normalized spacial score (nSPS) is 21.6. The SMILES string of the molecule is C=C[C@H](OS(C)(=O)=O)[C@@H]1CCCN1C(=O)OC(C)(C)C. The summed E-state index contributed by atoms with van der Waals surface area (Å²) in [7, 11) is -3.61. The molecule has 0 N–H and O–H groups in total. The zero-order chi connectivity index (χ0) is 15.6. The van der Waals surface area contributed by atoms with E-state index in [-0.39, 0.29) is 6.04 Å². The average Bonchev–Trinajstić information content (AvgIpc) is 2.70. The van der Waals surface area contributed by atoms with Gasteiger partial charge in [-0.2, -0.15) is 8.42 Å². The minimum Gasteiger partial charge on any atom is -0.444 e. The van der Waals surface area contributed by atoms with Crippen molar-refractivity contribution in [1.82, 2.24) is 4.90 Å². The number of amides is 1. The summed E-state index contributed by atoms with van der Waals surface area (Å²) >= 11 is 0. The lowest BCUT2D eigenvalue weighted by Crippen LogP contribution is -2.45. The number of carbonyl (C=O) groups is 1. The van der Waals surface area contributed by atoms with Gasteiger partial charge in [0, 0.05) is 6.54 Å². The van der Waals surface area contributed by atoms with Gasteiger partial charge in [0.05, 0.1) is 12.3 Å². The molecule has 0 aromatic rings. The maximum Gasteiger partial charge on any atom is 0.410 e. The summed E-state index contributed by atoms with van der Waals surface area (Å²) in [6.07, 6.45) is 2.63. The van der Waals surface area contributed by atoms with Crippen LogP contribution in [0.5, 0.6) is 0 Å². The molecule has 6 nitrogen and oxygen atoms in total. The lowest BCUT2D eigenvalue weighted by Gasteiger charge is -2.31. The first kappa shape index (κ1) is 17.0. The fourth-order valence-electron chi connectivity index (χ4n) is 2.14. The molecule has 0 radical (unpaired) electrons. The topological polar surface area (TPSA) is 72.9 Å². The molecule has 2 atom stereocenters. The number of ether oxygens (including phenoxy) is 1. The van der Waals surface area contributed by atoms with Crippen LogP contribution < -0.4 is 0 Å². The summed E-state index contributed by atoms with van der Waals surface area (Å²) < 4.78 is 32.8. The van der Waals surface area contributed by atoms with Gasteiger partial charge in [-0.1, -0.05) is 6.08 Å². The van der Waals surface area contributed by atoms with Crippen molar-refractivity contribution in [2.24, 2.45) is 0 Å². The first-order chi connectivity index (χ1) is 9.03. The third-order valence-electron chi connectivity index (χ3n) is 2.82. The standard InChI is InChI=1S/C13H23NO5S/c1-6-11(19-20(5,16)17)10-8-7-9-14(10)12(15)18-13(2,3)4/h6,10-11H,1,7-9H2,2-5H3/t10-,11-/m0/s1. The van der Waals surface area contributed by atoms with Gasteiger partial charge in [-0.3, -0.25) is 4.18 Å². The van der Waals surface area contributed by atoms with E-state index in [2.05, 4.69) is 6.58 Å². The van der Waals surface area contributed by atoms with Gasteiger partial charge in [0.25, 0.3) is 10.1 Å². The van der Waals surface area contributed by atoms with Crippen LogP contribution in [0.25, 0.3) is 0 Å². The Balaban J connectivity index is 2.82. The molecule has 116 valence electrons.